The Morgan fingerprint density at radius 2 is 1.69 bits per heavy atom. The summed E-state index contributed by atoms with van der Waals surface area (Å²) in [6.45, 7) is 10.3. The molecule has 1 N–H and O–H groups in total. The van der Waals surface area contributed by atoms with Gasteiger partial charge in [0.15, 0.2) is 0 Å². The highest BCUT2D eigenvalue weighted by molar-refractivity contribution is 5.95. The molecule has 0 saturated carbocycles. The third-order valence-electron chi connectivity index (χ3n) is 5.26. The summed E-state index contributed by atoms with van der Waals surface area (Å²) in [6, 6.07) is 6.32. The van der Waals surface area contributed by atoms with Gasteiger partial charge in [-0.25, -0.2) is 4.39 Å². The van der Waals surface area contributed by atoms with Crippen LogP contribution in [-0.4, -0.2) is 35.1 Å². The second-order valence-electron chi connectivity index (χ2n) is 8.53. The molecule has 0 saturated heterocycles. The van der Waals surface area contributed by atoms with Crippen molar-refractivity contribution in [2.45, 2.75) is 65.4 Å². The SMILES string of the molecule is COC(=O)CC(=O)CC(O)/C=C/c1c(C(C)C)nc(C(C)C)c(C)c1-c1ccc(F)cc1. The smallest absolute Gasteiger partial charge is 0.313 e. The second-order valence-corrected chi connectivity index (χ2v) is 8.53. The standard InChI is InChI=1S/C26H32FNO4/c1-15(2)25-17(5)24(18-7-9-19(27)10-8-18)22(26(28-25)16(3)4)12-11-20(29)13-21(30)14-23(31)32-6/h7-12,15-16,20,29H,13-14H2,1-6H3/b12-11+. The van der Waals surface area contributed by atoms with Gasteiger partial charge in [-0.2, -0.15) is 0 Å². The number of aliphatic hydroxyl groups is 1. The lowest BCUT2D eigenvalue weighted by Crippen LogP contribution is -2.15. The van der Waals surface area contributed by atoms with Crippen LogP contribution in [0, 0.1) is 12.7 Å². The Bertz CT molecular complexity index is 994. The number of carbonyl (C=O) groups is 2. The number of Topliss-reactive ketones (excluding diaryl/α,β-unsaturated/α-hetero) is 1. The van der Waals surface area contributed by atoms with E-state index in [1.165, 1.54) is 19.2 Å². The van der Waals surface area contributed by atoms with E-state index in [0.29, 0.717) is 0 Å². The first-order valence-electron chi connectivity index (χ1n) is 10.8. The number of halogens is 1. The number of esters is 1. The molecule has 0 bridgehead atoms. The number of pyridine rings is 1. The number of ketones is 1. The fourth-order valence-corrected chi connectivity index (χ4v) is 3.71. The highest BCUT2D eigenvalue weighted by Crippen LogP contribution is 2.36. The molecule has 1 heterocycles. The minimum absolute atomic E-state index is 0.102. The summed E-state index contributed by atoms with van der Waals surface area (Å²) in [7, 11) is 1.21. The maximum Gasteiger partial charge on any atom is 0.313 e. The summed E-state index contributed by atoms with van der Waals surface area (Å²) in [6.07, 6.45) is 1.69. The molecule has 1 unspecified atom stereocenters. The zero-order chi connectivity index (χ0) is 24.0. The fraction of sp³-hybridized carbons (Fsp3) is 0.423. The molecule has 0 fully saturated rings. The normalized spacial score (nSPS) is 12.6. The van der Waals surface area contributed by atoms with Crippen molar-refractivity contribution in [1.82, 2.24) is 4.98 Å². The van der Waals surface area contributed by atoms with Gasteiger partial charge in [0, 0.05) is 17.7 Å². The van der Waals surface area contributed by atoms with Gasteiger partial charge in [-0.1, -0.05) is 52.0 Å². The topological polar surface area (TPSA) is 76.5 Å². The molecule has 32 heavy (non-hydrogen) atoms. The maximum absolute atomic E-state index is 13.6. The van der Waals surface area contributed by atoms with E-state index in [1.807, 2.05) is 20.8 Å². The Hall–Kier alpha value is -2.86. The quantitative estimate of drug-likeness (QED) is 0.420. The summed E-state index contributed by atoms with van der Waals surface area (Å²) < 4.78 is 18.1. The predicted octanol–water partition coefficient (Wildman–Crippen LogP) is 5.34. The maximum atomic E-state index is 13.6. The van der Waals surface area contributed by atoms with Crippen LogP contribution < -0.4 is 0 Å². The predicted molar refractivity (Wildman–Crippen MR) is 124 cm³/mol. The van der Waals surface area contributed by atoms with Crippen molar-refractivity contribution in [3.8, 4) is 11.1 Å². The first-order chi connectivity index (χ1) is 15.0. The van der Waals surface area contributed by atoms with Gasteiger partial charge in [-0.3, -0.25) is 14.6 Å². The van der Waals surface area contributed by atoms with Crippen LogP contribution in [-0.2, 0) is 14.3 Å². The molecular formula is C26H32FNO4. The van der Waals surface area contributed by atoms with E-state index in [0.717, 1.165) is 33.6 Å². The lowest BCUT2D eigenvalue weighted by molar-refractivity contribution is -0.143. The highest BCUT2D eigenvalue weighted by atomic mass is 19.1. The largest absolute Gasteiger partial charge is 0.469 e. The minimum atomic E-state index is -1.06. The summed E-state index contributed by atoms with van der Waals surface area (Å²) in [5.41, 5.74) is 5.43. The summed E-state index contributed by atoms with van der Waals surface area (Å²) in [5.74, 6) is -1.04. The van der Waals surface area contributed by atoms with Crippen molar-refractivity contribution in [3.63, 3.8) is 0 Å². The number of rotatable bonds is 9. The number of aromatic nitrogens is 1. The molecule has 1 aromatic heterocycles. The van der Waals surface area contributed by atoms with Crippen LogP contribution in [0.2, 0.25) is 0 Å². The Kier molecular flexibility index (Phi) is 8.84. The fourth-order valence-electron chi connectivity index (χ4n) is 3.71. The van der Waals surface area contributed by atoms with Gasteiger partial charge in [0.25, 0.3) is 0 Å². The number of aliphatic hydroxyl groups excluding tert-OH is 1. The average Bonchev–Trinajstić information content (AvgIpc) is 2.72. The number of hydrogen-bond acceptors (Lipinski definition) is 5. The molecule has 5 nitrogen and oxygen atoms in total. The zero-order valence-corrected chi connectivity index (χ0v) is 19.6. The molecule has 2 rings (SSSR count). The van der Waals surface area contributed by atoms with Crippen LogP contribution in [0.5, 0.6) is 0 Å². The molecular weight excluding hydrogens is 409 g/mol. The van der Waals surface area contributed by atoms with E-state index >= 15 is 0 Å². The molecule has 0 aliphatic rings. The van der Waals surface area contributed by atoms with Gasteiger partial charge in [0.2, 0.25) is 0 Å². The second kappa shape index (κ2) is 11.1. The molecule has 1 aromatic carbocycles. The minimum Gasteiger partial charge on any atom is -0.469 e. The number of nitrogens with zero attached hydrogens (tertiary/aromatic N) is 1. The van der Waals surface area contributed by atoms with Crippen molar-refractivity contribution >= 4 is 17.8 Å². The number of ether oxygens (including phenoxy) is 1. The number of benzene rings is 1. The van der Waals surface area contributed by atoms with Crippen LogP contribution in [0.3, 0.4) is 0 Å². The van der Waals surface area contributed by atoms with E-state index < -0.39 is 17.9 Å². The number of hydrogen-bond donors (Lipinski definition) is 1. The Labute approximate surface area is 189 Å². The first-order valence-corrected chi connectivity index (χ1v) is 10.8. The van der Waals surface area contributed by atoms with Crippen molar-refractivity contribution in [2.24, 2.45) is 0 Å². The molecule has 0 radical (unpaired) electrons. The molecule has 2 aromatic rings. The molecule has 0 spiro atoms. The lowest BCUT2D eigenvalue weighted by atomic mass is 9.87. The Morgan fingerprint density at radius 3 is 2.22 bits per heavy atom. The van der Waals surface area contributed by atoms with E-state index in [9.17, 15) is 19.1 Å². The summed E-state index contributed by atoms with van der Waals surface area (Å²) in [4.78, 5) is 28.2. The van der Waals surface area contributed by atoms with Crippen LogP contribution in [0.25, 0.3) is 17.2 Å². The zero-order valence-electron chi connectivity index (χ0n) is 19.6. The van der Waals surface area contributed by atoms with Crippen molar-refractivity contribution in [1.29, 1.82) is 0 Å². The van der Waals surface area contributed by atoms with Crippen molar-refractivity contribution < 1.29 is 23.8 Å². The monoisotopic (exact) mass is 441 g/mol. The van der Waals surface area contributed by atoms with Crippen LogP contribution in [0.4, 0.5) is 4.39 Å². The van der Waals surface area contributed by atoms with E-state index in [2.05, 4.69) is 18.6 Å². The van der Waals surface area contributed by atoms with Gasteiger partial charge in [-0.15, -0.1) is 0 Å². The highest BCUT2D eigenvalue weighted by Gasteiger charge is 2.21. The third kappa shape index (κ3) is 6.33. The molecule has 0 aliphatic heterocycles. The van der Waals surface area contributed by atoms with Crippen LogP contribution in [0.15, 0.2) is 30.3 Å². The van der Waals surface area contributed by atoms with Crippen LogP contribution in [0.1, 0.15) is 74.9 Å². The van der Waals surface area contributed by atoms with E-state index in [4.69, 9.17) is 4.98 Å². The van der Waals surface area contributed by atoms with Gasteiger partial charge in [0.1, 0.15) is 18.0 Å². The summed E-state index contributed by atoms with van der Waals surface area (Å²) in [5, 5.41) is 10.4. The van der Waals surface area contributed by atoms with E-state index in [1.54, 1.807) is 24.3 Å². The molecule has 172 valence electrons. The van der Waals surface area contributed by atoms with Gasteiger partial charge < -0.3 is 9.84 Å². The Morgan fingerprint density at radius 1 is 1.09 bits per heavy atom. The number of methoxy groups -OCH3 is 1. The van der Waals surface area contributed by atoms with Gasteiger partial charge >= 0.3 is 5.97 Å². The van der Waals surface area contributed by atoms with Crippen molar-refractivity contribution in [3.05, 3.63) is 58.7 Å². The molecule has 0 aliphatic carbocycles. The molecule has 0 amide bonds. The Balaban J connectivity index is 2.55. The first kappa shape index (κ1) is 25.4. The third-order valence-corrected chi connectivity index (χ3v) is 5.26. The van der Waals surface area contributed by atoms with E-state index in [-0.39, 0.29) is 30.5 Å². The lowest BCUT2D eigenvalue weighted by Gasteiger charge is -2.22. The summed E-state index contributed by atoms with van der Waals surface area (Å²) >= 11 is 0. The molecule has 6 heteroatoms. The van der Waals surface area contributed by atoms with Crippen molar-refractivity contribution in [2.75, 3.05) is 7.11 Å². The average molecular weight is 442 g/mol. The number of carbonyl (C=O) groups excluding carboxylic acids is 2. The van der Waals surface area contributed by atoms with Gasteiger partial charge in [-0.05, 0) is 47.6 Å². The van der Waals surface area contributed by atoms with Gasteiger partial charge in [0.05, 0.1) is 18.9 Å². The van der Waals surface area contributed by atoms with Crippen LogP contribution >= 0.6 is 0 Å². The molecule has 1 atom stereocenters.